The molecule has 0 heterocycles. The predicted octanol–water partition coefficient (Wildman–Crippen LogP) is 1.96. The summed E-state index contributed by atoms with van der Waals surface area (Å²) in [6.45, 7) is -0.0618. The highest BCUT2D eigenvalue weighted by Crippen LogP contribution is 2.32. The molecule has 3 nitrogen and oxygen atoms in total. The second-order valence-corrected chi connectivity index (χ2v) is 3.30. The van der Waals surface area contributed by atoms with E-state index in [2.05, 4.69) is 15.9 Å². The van der Waals surface area contributed by atoms with E-state index in [0.717, 1.165) is 10.0 Å². The van der Waals surface area contributed by atoms with Gasteiger partial charge in [0.25, 0.3) is 0 Å². The normalized spacial score (nSPS) is 9.85. The average Bonchev–Trinajstić information content (AvgIpc) is 2.16. The summed E-state index contributed by atoms with van der Waals surface area (Å²) in [7, 11) is 3.14. The predicted molar refractivity (Wildman–Crippen MR) is 53.2 cm³/mol. The van der Waals surface area contributed by atoms with Gasteiger partial charge >= 0.3 is 0 Å². The van der Waals surface area contributed by atoms with Crippen molar-refractivity contribution in [2.45, 2.75) is 6.61 Å². The zero-order valence-electron chi connectivity index (χ0n) is 7.50. The number of benzene rings is 1. The van der Waals surface area contributed by atoms with Crippen molar-refractivity contribution >= 4 is 15.9 Å². The van der Waals surface area contributed by atoms with Gasteiger partial charge in [-0.2, -0.15) is 0 Å². The summed E-state index contributed by atoms with van der Waals surface area (Å²) >= 11 is 3.32. The Balaban J connectivity index is 3.20. The molecule has 0 saturated carbocycles. The molecule has 0 aliphatic rings. The van der Waals surface area contributed by atoms with E-state index in [4.69, 9.17) is 14.6 Å². The third-order valence-electron chi connectivity index (χ3n) is 1.74. The number of methoxy groups -OCH3 is 2. The van der Waals surface area contributed by atoms with Crippen LogP contribution in [-0.2, 0) is 6.61 Å². The van der Waals surface area contributed by atoms with Crippen molar-refractivity contribution in [3.63, 3.8) is 0 Å². The summed E-state index contributed by atoms with van der Waals surface area (Å²) in [5.74, 6) is 1.31. The number of hydrogen-bond donors (Lipinski definition) is 1. The SMILES string of the molecule is COc1cc(Br)c(CO)c(OC)c1. The zero-order valence-corrected chi connectivity index (χ0v) is 9.09. The van der Waals surface area contributed by atoms with Crippen LogP contribution in [0.3, 0.4) is 0 Å². The van der Waals surface area contributed by atoms with Gasteiger partial charge < -0.3 is 14.6 Å². The maximum Gasteiger partial charge on any atom is 0.129 e. The summed E-state index contributed by atoms with van der Waals surface area (Å²) in [6, 6.07) is 3.52. The Hall–Kier alpha value is -0.740. The first-order chi connectivity index (χ1) is 6.22. The van der Waals surface area contributed by atoms with Crippen molar-refractivity contribution in [2.75, 3.05) is 14.2 Å². The Bertz CT molecular complexity index is 299. The summed E-state index contributed by atoms with van der Waals surface area (Å²) in [5, 5.41) is 9.04. The standard InChI is InChI=1S/C9H11BrO3/c1-12-6-3-8(10)7(5-11)9(4-6)13-2/h3-4,11H,5H2,1-2H3. The molecule has 0 spiro atoms. The number of halogens is 1. The van der Waals surface area contributed by atoms with Crippen molar-refractivity contribution in [1.82, 2.24) is 0 Å². The summed E-state index contributed by atoms with van der Waals surface area (Å²) < 4.78 is 10.9. The molecule has 0 fully saturated rings. The highest BCUT2D eigenvalue weighted by atomic mass is 79.9. The molecule has 0 radical (unpaired) electrons. The van der Waals surface area contributed by atoms with E-state index < -0.39 is 0 Å². The van der Waals surface area contributed by atoms with Gasteiger partial charge in [-0.3, -0.25) is 0 Å². The minimum Gasteiger partial charge on any atom is -0.497 e. The van der Waals surface area contributed by atoms with Gasteiger partial charge in [0.05, 0.1) is 20.8 Å². The van der Waals surface area contributed by atoms with Gasteiger partial charge in [0, 0.05) is 16.1 Å². The Morgan fingerprint density at radius 1 is 1.31 bits per heavy atom. The van der Waals surface area contributed by atoms with Crippen molar-refractivity contribution in [1.29, 1.82) is 0 Å². The van der Waals surface area contributed by atoms with Gasteiger partial charge in [0.2, 0.25) is 0 Å². The van der Waals surface area contributed by atoms with Gasteiger partial charge in [-0.25, -0.2) is 0 Å². The summed E-state index contributed by atoms with van der Waals surface area (Å²) in [4.78, 5) is 0. The van der Waals surface area contributed by atoms with Crippen LogP contribution in [0.15, 0.2) is 16.6 Å². The lowest BCUT2D eigenvalue weighted by molar-refractivity contribution is 0.272. The quantitative estimate of drug-likeness (QED) is 0.887. The number of rotatable bonds is 3. The van der Waals surface area contributed by atoms with E-state index in [0.29, 0.717) is 11.5 Å². The molecule has 13 heavy (non-hydrogen) atoms. The molecule has 0 atom stereocenters. The van der Waals surface area contributed by atoms with Crippen molar-refractivity contribution in [2.24, 2.45) is 0 Å². The molecule has 0 aromatic heterocycles. The lowest BCUT2D eigenvalue weighted by atomic mass is 10.2. The highest BCUT2D eigenvalue weighted by molar-refractivity contribution is 9.10. The molecule has 0 amide bonds. The first-order valence-corrected chi connectivity index (χ1v) is 4.53. The number of hydrogen-bond acceptors (Lipinski definition) is 3. The zero-order chi connectivity index (χ0) is 9.84. The first-order valence-electron chi connectivity index (χ1n) is 3.74. The van der Waals surface area contributed by atoms with Crippen LogP contribution in [0.4, 0.5) is 0 Å². The molecule has 1 rings (SSSR count). The van der Waals surface area contributed by atoms with Gasteiger partial charge in [-0.15, -0.1) is 0 Å². The van der Waals surface area contributed by atoms with Crippen LogP contribution in [0, 0.1) is 0 Å². The van der Waals surface area contributed by atoms with E-state index in [-0.39, 0.29) is 6.61 Å². The van der Waals surface area contributed by atoms with Gasteiger partial charge in [0.1, 0.15) is 11.5 Å². The van der Waals surface area contributed by atoms with Gasteiger partial charge in [-0.05, 0) is 6.07 Å². The maximum atomic E-state index is 9.04. The average molecular weight is 247 g/mol. The van der Waals surface area contributed by atoms with Crippen LogP contribution < -0.4 is 9.47 Å². The third-order valence-corrected chi connectivity index (χ3v) is 2.45. The van der Waals surface area contributed by atoms with Gasteiger partial charge in [-0.1, -0.05) is 15.9 Å². The third kappa shape index (κ3) is 2.14. The monoisotopic (exact) mass is 246 g/mol. The summed E-state index contributed by atoms with van der Waals surface area (Å²) in [6.07, 6.45) is 0. The topological polar surface area (TPSA) is 38.7 Å². The molecular formula is C9H11BrO3. The van der Waals surface area contributed by atoms with E-state index in [9.17, 15) is 0 Å². The van der Waals surface area contributed by atoms with E-state index in [1.165, 1.54) is 0 Å². The highest BCUT2D eigenvalue weighted by Gasteiger charge is 2.08. The largest absolute Gasteiger partial charge is 0.497 e. The molecule has 0 unspecified atom stereocenters. The molecule has 0 bridgehead atoms. The molecule has 0 saturated heterocycles. The first kappa shape index (κ1) is 10.3. The van der Waals surface area contributed by atoms with Crippen molar-refractivity contribution in [3.05, 3.63) is 22.2 Å². The molecular weight excluding hydrogens is 236 g/mol. The molecule has 1 aromatic rings. The van der Waals surface area contributed by atoms with Crippen LogP contribution in [0.1, 0.15) is 5.56 Å². The Kier molecular flexibility index (Phi) is 3.57. The van der Waals surface area contributed by atoms with E-state index in [1.54, 1.807) is 26.4 Å². The van der Waals surface area contributed by atoms with Crippen LogP contribution in [0.25, 0.3) is 0 Å². The van der Waals surface area contributed by atoms with Crippen LogP contribution in [0.5, 0.6) is 11.5 Å². The molecule has 1 N–H and O–H groups in total. The Morgan fingerprint density at radius 3 is 2.46 bits per heavy atom. The number of aliphatic hydroxyl groups is 1. The molecule has 72 valence electrons. The van der Waals surface area contributed by atoms with Crippen molar-refractivity contribution in [3.8, 4) is 11.5 Å². The fourth-order valence-electron chi connectivity index (χ4n) is 1.04. The minimum atomic E-state index is -0.0618. The smallest absolute Gasteiger partial charge is 0.129 e. The molecule has 4 heteroatoms. The Labute approximate surface area is 85.4 Å². The Morgan fingerprint density at radius 2 is 2.00 bits per heavy atom. The number of aliphatic hydroxyl groups excluding tert-OH is 1. The molecule has 0 aliphatic carbocycles. The second kappa shape index (κ2) is 4.48. The molecule has 0 aliphatic heterocycles. The van der Waals surface area contributed by atoms with Crippen LogP contribution in [0.2, 0.25) is 0 Å². The van der Waals surface area contributed by atoms with Crippen molar-refractivity contribution < 1.29 is 14.6 Å². The van der Waals surface area contributed by atoms with E-state index in [1.807, 2.05) is 0 Å². The van der Waals surface area contributed by atoms with Crippen LogP contribution >= 0.6 is 15.9 Å². The van der Waals surface area contributed by atoms with Crippen LogP contribution in [-0.4, -0.2) is 19.3 Å². The maximum absolute atomic E-state index is 9.04. The minimum absolute atomic E-state index is 0.0618. The van der Waals surface area contributed by atoms with E-state index >= 15 is 0 Å². The lowest BCUT2D eigenvalue weighted by Crippen LogP contribution is -1.94. The lowest BCUT2D eigenvalue weighted by Gasteiger charge is -2.10. The number of ether oxygens (including phenoxy) is 2. The summed E-state index contributed by atoms with van der Waals surface area (Å²) in [5.41, 5.74) is 0.725. The fourth-order valence-corrected chi connectivity index (χ4v) is 1.59. The van der Waals surface area contributed by atoms with Gasteiger partial charge in [0.15, 0.2) is 0 Å². The fraction of sp³-hybridized carbons (Fsp3) is 0.333. The second-order valence-electron chi connectivity index (χ2n) is 2.45. The molecule has 1 aromatic carbocycles.